The predicted octanol–water partition coefficient (Wildman–Crippen LogP) is 1.43. The van der Waals surface area contributed by atoms with Crippen LogP contribution in [0, 0.1) is 0 Å². The average molecular weight is 502 g/mol. The topological polar surface area (TPSA) is 152 Å². The van der Waals surface area contributed by atoms with E-state index in [0.717, 1.165) is 0 Å². The fourth-order valence-electron chi connectivity index (χ4n) is 0. The van der Waals surface area contributed by atoms with Gasteiger partial charge in [0.1, 0.15) is 0 Å². The summed E-state index contributed by atoms with van der Waals surface area (Å²) < 4.78 is 0. The van der Waals surface area contributed by atoms with Gasteiger partial charge in [-0.15, -0.1) is 0 Å². The standard InChI is InChI=1S/5N.3Nb.3V/q5*-3;3*+5;;;. The van der Waals surface area contributed by atoms with E-state index in [4.69, 9.17) is 0 Å². The fourth-order valence-corrected chi connectivity index (χ4v) is 0. The van der Waals surface area contributed by atoms with Crippen LogP contribution >= 0.6 is 0 Å². The maximum atomic E-state index is 0. The Kier molecular flexibility index (Phi) is 2820. The van der Waals surface area contributed by atoms with Gasteiger partial charge in [-0.25, -0.2) is 0 Å². The molecule has 0 amide bonds. The Bertz CT molecular complexity index is 16.9. The first kappa shape index (κ1) is 197. The molecule has 0 saturated carbocycles. The van der Waals surface area contributed by atoms with Crippen LogP contribution in [0.25, 0.3) is 30.8 Å². The summed E-state index contributed by atoms with van der Waals surface area (Å²) in [6.45, 7) is 0. The molecule has 3 radical (unpaired) electrons. The van der Waals surface area contributed by atoms with E-state index in [-0.39, 0.29) is 154 Å². The second kappa shape index (κ2) is 158. The average Bonchev–Trinajstić information content (AvgIpc) is 0. The molecule has 0 aliphatic heterocycles. The molecule has 0 N–H and O–H groups in total. The minimum atomic E-state index is 0. The zero-order valence-corrected chi connectivity index (χ0v) is 15.7. The molecule has 0 atom stereocenters. The Balaban J connectivity index is 0. The second-order valence-electron chi connectivity index (χ2n) is 0. The number of hydrogen-bond acceptors (Lipinski definition) is 0. The van der Waals surface area contributed by atoms with Crippen molar-refractivity contribution < 1.29 is 123 Å². The van der Waals surface area contributed by atoms with Crippen LogP contribution in [-0.4, -0.2) is 0 Å². The molecule has 55 valence electrons. The summed E-state index contributed by atoms with van der Waals surface area (Å²) in [5.74, 6) is 0. The third-order valence-corrected chi connectivity index (χ3v) is 0. The summed E-state index contributed by atoms with van der Waals surface area (Å²) in [6.07, 6.45) is 0. The summed E-state index contributed by atoms with van der Waals surface area (Å²) in [5.41, 5.74) is 0. The first-order valence-corrected chi connectivity index (χ1v) is 0. The van der Waals surface area contributed by atoms with Gasteiger partial charge in [0.25, 0.3) is 0 Å². The van der Waals surface area contributed by atoms with Gasteiger partial charge >= 0.3 is 67.1 Å². The van der Waals surface area contributed by atoms with E-state index >= 15 is 0 Å². The van der Waals surface area contributed by atoms with E-state index in [1.165, 1.54) is 0 Å². The molecule has 0 heterocycles. The first-order valence-electron chi connectivity index (χ1n) is 0. The Labute approximate surface area is 151 Å². The number of rotatable bonds is 0. The molecule has 0 aromatic rings. The molecule has 5 nitrogen and oxygen atoms in total. The molecular formula is N5Nb3V3. The van der Waals surface area contributed by atoms with Gasteiger partial charge in [-0.3, -0.25) is 0 Å². The maximum absolute atomic E-state index is 0. The van der Waals surface area contributed by atoms with Gasteiger partial charge in [0.05, 0.1) is 0 Å². The largest absolute Gasteiger partial charge is 5.00 e. The molecule has 0 fully saturated rings. The molecule has 0 rings (SSSR count). The van der Waals surface area contributed by atoms with Crippen LogP contribution in [0.1, 0.15) is 0 Å². The van der Waals surface area contributed by atoms with Crippen molar-refractivity contribution in [2.24, 2.45) is 0 Å². The van der Waals surface area contributed by atoms with Crippen molar-refractivity contribution in [3.8, 4) is 0 Å². The SMILES string of the molecule is [N-3].[N-3].[N-3].[N-3].[N-3].[Nb+5].[Nb+5].[Nb+5].[V].[V].[V]. The van der Waals surface area contributed by atoms with Crippen LogP contribution in [0.4, 0.5) is 0 Å². The van der Waals surface area contributed by atoms with Gasteiger partial charge in [0.15, 0.2) is 0 Å². The molecule has 0 aromatic heterocycles. The minimum absolute atomic E-state index is 0. The van der Waals surface area contributed by atoms with Crippen LogP contribution in [0.5, 0.6) is 0 Å². The summed E-state index contributed by atoms with van der Waals surface area (Å²) >= 11 is 0. The Morgan fingerprint density at radius 2 is 0.273 bits per heavy atom. The third-order valence-electron chi connectivity index (χ3n) is 0. The van der Waals surface area contributed by atoms with Crippen LogP contribution in [0.2, 0.25) is 0 Å². The van der Waals surface area contributed by atoms with Gasteiger partial charge in [-0.1, -0.05) is 0 Å². The van der Waals surface area contributed by atoms with E-state index < -0.39 is 0 Å². The van der Waals surface area contributed by atoms with E-state index in [0.29, 0.717) is 0 Å². The van der Waals surface area contributed by atoms with Crippen LogP contribution in [0.3, 0.4) is 0 Å². The zero-order valence-electron chi connectivity index (χ0n) is 4.92. The molecule has 0 spiro atoms. The molecule has 0 unspecified atom stereocenters. The van der Waals surface area contributed by atoms with Gasteiger partial charge in [-0.2, -0.15) is 0 Å². The van der Waals surface area contributed by atoms with Crippen molar-refractivity contribution in [2.75, 3.05) is 0 Å². The van der Waals surface area contributed by atoms with Crippen molar-refractivity contribution >= 4 is 0 Å². The summed E-state index contributed by atoms with van der Waals surface area (Å²) in [5, 5.41) is 0. The van der Waals surface area contributed by atoms with Gasteiger partial charge in [-0.05, 0) is 0 Å². The normalized spacial score (nSPS) is 0. The fraction of sp³-hybridized carbons (Fsp3) is 0. The summed E-state index contributed by atoms with van der Waals surface area (Å²) in [4.78, 5) is 0. The number of hydrogen-bond donors (Lipinski definition) is 0. The van der Waals surface area contributed by atoms with Crippen molar-refractivity contribution in [3.05, 3.63) is 30.8 Å². The molecule has 11 heteroatoms. The van der Waals surface area contributed by atoms with E-state index in [2.05, 4.69) is 0 Å². The molecule has 11 heavy (non-hydrogen) atoms. The van der Waals surface area contributed by atoms with Crippen molar-refractivity contribution in [3.63, 3.8) is 0 Å². The van der Waals surface area contributed by atoms with Crippen LogP contribution in [-0.2, 0) is 123 Å². The molecule has 0 aliphatic carbocycles. The van der Waals surface area contributed by atoms with Gasteiger partial charge in [0, 0.05) is 55.7 Å². The maximum Gasteiger partial charge on any atom is 5.00 e. The molecule has 0 saturated heterocycles. The Morgan fingerprint density at radius 3 is 0.273 bits per heavy atom. The zero-order chi connectivity index (χ0) is 0. The van der Waals surface area contributed by atoms with Crippen LogP contribution in [0.15, 0.2) is 0 Å². The minimum Gasteiger partial charge on any atom is -3.00 e. The van der Waals surface area contributed by atoms with E-state index in [9.17, 15) is 0 Å². The smallest absolute Gasteiger partial charge is 3.00 e. The third kappa shape index (κ3) is 134. The quantitative estimate of drug-likeness (QED) is 0.441. The molecule has 0 bridgehead atoms. The summed E-state index contributed by atoms with van der Waals surface area (Å²) in [6, 6.07) is 0. The predicted molar refractivity (Wildman–Crippen MR) is 16.8 cm³/mol. The molecule has 0 aromatic carbocycles. The van der Waals surface area contributed by atoms with Crippen LogP contribution < -0.4 is 0 Å². The van der Waals surface area contributed by atoms with Gasteiger partial charge < -0.3 is 30.8 Å². The Morgan fingerprint density at radius 1 is 0.273 bits per heavy atom. The van der Waals surface area contributed by atoms with Gasteiger partial charge in [0.2, 0.25) is 0 Å². The first-order chi connectivity index (χ1) is 0. The van der Waals surface area contributed by atoms with E-state index in [1.54, 1.807) is 0 Å². The Hall–Kier alpha value is 3.77. The summed E-state index contributed by atoms with van der Waals surface area (Å²) in [7, 11) is 0. The number of nitrogens with zero attached hydrogens (tertiary/aromatic N) is 5. The van der Waals surface area contributed by atoms with Crippen molar-refractivity contribution in [2.45, 2.75) is 0 Å². The van der Waals surface area contributed by atoms with Crippen molar-refractivity contribution in [1.29, 1.82) is 0 Å². The molecular weight excluding hydrogens is 502 g/mol. The molecule has 0 aliphatic rings. The monoisotopic (exact) mass is 502 g/mol. The second-order valence-corrected chi connectivity index (χ2v) is 0. The van der Waals surface area contributed by atoms with Crippen molar-refractivity contribution in [1.82, 2.24) is 0 Å². The van der Waals surface area contributed by atoms with E-state index in [1.807, 2.05) is 0 Å².